The molecule has 7 nitrogen and oxygen atoms in total. The number of aryl methyl sites for hydroxylation is 1. The number of rotatable bonds is 7. The number of hydrogen-bond acceptors (Lipinski definition) is 5. The molecule has 3 N–H and O–H groups in total. The minimum Gasteiger partial charge on any atom is -0.383 e. The second kappa shape index (κ2) is 9.26. The molecule has 3 heterocycles. The number of benzene rings is 1. The second-order valence-electron chi connectivity index (χ2n) is 7.15. The summed E-state index contributed by atoms with van der Waals surface area (Å²) < 4.78 is 1.99. The van der Waals surface area contributed by atoms with Gasteiger partial charge in [-0.05, 0) is 55.3 Å². The predicted octanol–water partition coefficient (Wildman–Crippen LogP) is 4.29. The van der Waals surface area contributed by atoms with Gasteiger partial charge in [0.15, 0.2) is 11.5 Å². The van der Waals surface area contributed by atoms with Crippen molar-refractivity contribution in [3.8, 4) is 17.1 Å². The summed E-state index contributed by atoms with van der Waals surface area (Å²) in [6.07, 6.45) is 8.65. The molecule has 0 spiro atoms. The highest BCUT2D eigenvalue weighted by Crippen LogP contribution is 2.31. The van der Waals surface area contributed by atoms with Crippen LogP contribution in [-0.4, -0.2) is 25.9 Å². The number of aromatic nitrogens is 4. The number of carbonyl (C=O) groups excluding carboxylic acids is 1. The van der Waals surface area contributed by atoms with Crippen LogP contribution in [0.4, 0.5) is 5.82 Å². The summed E-state index contributed by atoms with van der Waals surface area (Å²) in [6.45, 7) is 4.04. The van der Waals surface area contributed by atoms with Gasteiger partial charge < -0.3 is 11.1 Å². The van der Waals surface area contributed by atoms with Crippen LogP contribution < -0.4 is 11.1 Å². The Labute approximate surface area is 186 Å². The van der Waals surface area contributed by atoms with Gasteiger partial charge in [-0.2, -0.15) is 0 Å². The summed E-state index contributed by atoms with van der Waals surface area (Å²) >= 11 is 0. The van der Waals surface area contributed by atoms with Gasteiger partial charge in [-0.25, -0.2) is 15.0 Å². The lowest BCUT2D eigenvalue weighted by atomic mass is 10.1. The van der Waals surface area contributed by atoms with E-state index in [0.29, 0.717) is 29.4 Å². The van der Waals surface area contributed by atoms with E-state index in [9.17, 15) is 4.79 Å². The minimum atomic E-state index is 0.402. The molecule has 0 aliphatic rings. The van der Waals surface area contributed by atoms with Gasteiger partial charge in [-0.3, -0.25) is 9.36 Å². The van der Waals surface area contributed by atoms with Gasteiger partial charge in [0, 0.05) is 23.7 Å². The van der Waals surface area contributed by atoms with Crippen LogP contribution >= 0.6 is 0 Å². The monoisotopic (exact) mass is 424 g/mol. The molecule has 0 saturated heterocycles. The molecule has 4 rings (SSSR count). The van der Waals surface area contributed by atoms with E-state index in [1.165, 1.54) is 5.56 Å². The van der Waals surface area contributed by atoms with Gasteiger partial charge in [0.2, 0.25) is 6.41 Å². The van der Waals surface area contributed by atoms with Crippen LogP contribution in [0.2, 0.25) is 0 Å². The number of nitrogens with one attached hydrogen (secondary N) is 1. The molecular weight excluding hydrogens is 400 g/mol. The van der Waals surface area contributed by atoms with Gasteiger partial charge in [0.05, 0.1) is 11.3 Å². The van der Waals surface area contributed by atoms with E-state index in [-0.39, 0.29) is 0 Å². The Morgan fingerprint density at radius 1 is 1.12 bits per heavy atom. The highest BCUT2D eigenvalue weighted by atomic mass is 16.1. The highest BCUT2D eigenvalue weighted by Gasteiger charge is 2.18. The molecule has 0 fully saturated rings. The van der Waals surface area contributed by atoms with Crippen molar-refractivity contribution in [3.63, 3.8) is 0 Å². The summed E-state index contributed by atoms with van der Waals surface area (Å²) in [6, 6.07) is 15.9. The molecule has 4 aromatic rings. The van der Waals surface area contributed by atoms with Gasteiger partial charge in [-0.15, -0.1) is 0 Å². The number of nitrogens with two attached hydrogens (primary N) is 1. The average molecular weight is 425 g/mol. The minimum absolute atomic E-state index is 0.402. The number of imidazole rings is 1. The molecule has 0 saturated carbocycles. The third-order valence-electron chi connectivity index (χ3n) is 5.14. The van der Waals surface area contributed by atoms with E-state index in [1.54, 1.807) is 12.4 Å². The van der Waals surface area contributed by atoms with Crippen molar-refractivity contribution in [1.29, 1.82) is 0 Å². The Kier molecular flexibility index (Phi) is 6.07. The standard InChI is InChI=1S/C25H24N6O/c1-3-6-18(15-27-16-32)21-12-13-22-25(29-21)31(19-10-8-17(4-2)9-11-19)24(30-22)20-7-5-14-28-23(20)26/h3,5-16H,4H2,1-2H3,(H2,26,28)(H,27,32)/b6-3-,18-15+. The summed E-state index contributed by atoms with van der Waals surface area (Å²) in [7, 11) is 0. The number of amides is 1. The van der Waals surface area contributed by atoms with E-state index < -0.39 is 0 Å². The first-order chi connectivity index (χ1) is 15.7. The van der Waals surface area contributed by atoms with E-state index in [0.717, 1.165) is 28.8 Å². The lowest BCUT2D eigenvalue weighted by Gasteiger charge is -2.11. The number of carbonyl (C=O) groups is 1. The zero-order chi connectivity index (χ0) is 22.5. The first kappa shape index (κ1) is 21.0. The highest BCUT2D eigenvalue weighted by molar-refractivity contribution is 5.85. The molecule has 32 heavy (non-hydrogen) atoms. The topological polar surface area (TPSA) is 98.7 Å². The fourth-order valence-electron chi connectivity index (χ4n) is 3.54. The Morgan fingerprint density at radius 2 is 1.94 bits per heavy atom. The Hall–Kier alpha value is -4.26. The number of anilines is 1. The molecule has 0 aliphatic heterocycles. The normalized spacial score (nSPS) is 11.9. The van der Waals surface area contributed by atoms with Crippen LogP contribution in [0.1, 0.15) is 25.1 Å². The summed E-state index contributed by atoms with van der Waals surface area (Å²) in [4.78, 5) is 24.8. The molecule has 0 bridgehead atoms. The van der Waals surface area contributed by atoms with Crippen molar-refractivity contribution in [2.45, 2.75) is 20.3 Å². The van der Waals surface area contributed by atoms with Crippen molar-refractivity contribution >= 4 is 29.0 Å². The zero-order valence-corrected chi connectivity index (χ0v) is 18.0. The first-order valence-corrected chi connectivity index (χ1v) is 10.4. The fraction of sp³-hybridized carbons (Fsp3) is 0.120. The third kappa shape index (κ3) is 4.00. The molecule has 1 aromatic carbocycles. The lowest BCUT2D eigenvalue weighted by molar-refractivity contribution is -0.108. The largest absolute Gasteiger partial charge is 0.383 e. The van der Waals surface area contributed by atoms with Gasteiger partial charge >= 0.3 is 0 Å². The molecule has 3 aromatic heterocycles. The lowest BCUT2D eigenvalue weighted by Crippen LogP contribution is -2.04. The van der Waals surface area contributed by atoms with Gasteiger partial charge in [0.1, 0.15) is 11.3 Å². The number of allylic oxidation sites excluding steroid dienone is 3. The number of fused-ring (bicyclic) bond motifs is 1. The van der Waals surface area contributed by atoms with E-state index in [1.807, 2.05) is 47.9 Å². The van der Waals surface area contributed by atoms with Crippen LogP contribution in [-0.2, 0) is 11.2 Å². The van der Waals surface area contributed by atoms with E-state index >= 15 is 0 Å². The van der Waals surface area contributed by atoms with Crippen LogP contribution in [0, 0.1) is 0 Å². The maximum Gasteiger partial charge on any atom is 0.211 e. The smallest absolute Gasteiger partial charge is 0.211 e. The van der Waals surface area contributed by atoms with Crippen LogP contribution in [0.3, 0.4) is 0 Å². The quantitative estimate of drug-likeness (QED) is 0.341. The summed E-state index contributed by atoms with van der Waals surface area (Å²) in [5.41, 5.74) is 12.0. The molecule has 160 valence electrons. The Bertz CT molecular complexity index is 1320. The number of nitrogens with zero attached hydrogens (tertiary/aromatic N) is 4. The third-order valence-corrected chi connectivity index (χ3v) is 5.14. The maximum atomic E-state index is 10.8. The van der Waals surface area contributed by atoms with Gasteiger partial charge in [-0.1, -0.05) is 31.2 Å². The van der Waals surface area contributed by atoms with E-state index in [4.69, 9.17) is 15.7 Å². The first-order valence-electron chi connectivity index (χ1n) is 10.4. The molecule has 7 heteroatoms. The Balaban J connectivity index is 1.99. The molecular formula is C25H24N6O. The number of hydrogen-bond donors (Lipinski definition) is 2. The molecule has 0 atom stereocenters. The molecule has 1 amide bonds. The van der Waals surface area contributed by atoms with Crippen molar-refractivity contribution in [2.24, 2.45) is 0 Å². The average Bonchev–Trinajstić information content (AvgIpc) is 3.20. The second-order valence-corrected chi connectivity index (χ2v) is 7.15. The van der Waals surface area contributed by atoms with Crippen LogP contribution in [0.25, 0.3) is 33.8 Å². The van der Waals surface area contributed by atoms with Gasteiger partial charge in [0.25, 0.3) is 0 Å². The Morgan fingerprint density at radius 3 is 2.62 bits per heavy atom. The van der Waals surface area contributed by atoms with Crippen molar-refractivity contribution in [3.05, 3.63) is 84.3 Å². The number of nitrogen functional groups attached to an aromatic ring is 1. The van der Waals surface area contributed by atoms with Crippen molar-refractivity contribution < 1.29 is 4.79 Å². The van der Waals surface area contributed by atoms with Crippen molar-refractivity contribution in [2.75, 3.05) is 5.73 Å². The fourth-order valence-corrected chi connectivity index (χ4v) is 3.54. The van der Waals surface area contributed by atoms with Crippen LogP contribution in [0.5, 0.6) is 0 Å². The summed E-state index contributed by atoms with van der Waals surface area (Å²) in [5, 5.41) is 2.60. The zero-order valence-electron chi connectivity index (χ0n) is 18.0. The molecule has 0 unspecified atom stereocenters. The number of pyridine rings is 2. The van der Waals surface area contributed by atoms with Crippen LogP contribution in [0.15, 0.2) is 73.1 Å². The predicted molar refractivity (Wildman–Crippen MR) is 128 cm³/mol. The van der Waals surface area contributed by atoms with Crippen molar-refractivity contribution in [1.82, 2.24) is 24.8 Å². The molecule has 0 aliphatic carbocycles. The molecule has 0 radical (unpaired) electrons. The van der Waals surface area contributed by atoms with E-state index in [2.05, 4.69) is 41.5 Å². The maximum absolute atomic E-state index is 10.8. The SMILES string of the molecule is C/C=C\C(=C/NC=O)c1ccc2nc(-c3cccnc3N)n(-c3ccc(CC)cc3)c2n1. The summed E-state index contributed by atoms with van der Waals surface area (Å²) in [5.74, 6) is 1.07.